The third kappa shape index (κ3) is 5.25. The summed E-state index contributed by atoms with van der Waals surface area (Å²) >= 11 is 11.5. The molecule has 1 saturated heterocycles. The lowest BCUT2D eigenvalue weighted by atomic mass is 10.1. The predicted molar refractivity (Wildman–Crippen MR) is 150 cm³/mol. The number of fused-ring (bicyclic) bond motifs is 1. The summed E-state index contributed by atoms with van der Waals surface area (Å²) in [5.74, 6) is 0.180. The molecule has 1 aliphatic heterocycles. The standard InChI is InChI=1S/C26H23ClN6O3S/c1-15-12-20-21(14-19(15)27)30-24(29-20)16-4-7-18(8-5-16)28-26(37)31-25(34)17-6-9-22(23(13-17)33(35)36)32-10-2-3-11-32/h4-9,12-14H,2-3,10-11H2,1H3,(H,29,30)(H2,28,31,34,37). The number of H-pyrrole nitrogens is 1. The maximum Gasteiger partial charge on any atom is 0.293 e. The Labute approximate surface area is 223 Å². The van der Waals surface area contributed by atoms with Crippen molar-refractivity contribution in [1.82, 2.24) is 15.3 Å². The zero-order chi connectivity index (χ0) is 26.1. The maximum atomic E-state index is 12.7. The number of anilines is 2. The van der Waals surface area contributed by atoms with Gasteiger partial charge in [-0.05, 0) is 86.1 Å². The van der Waals surface area contributed by atoms with Crippen LogP contribution in [0, 0.1) is 17.0 Å². The van der Waals surface area contributed by atoms with Gasteiger partial charge in [0, 0.05) is 41.0 Å². The monoisotopic (exact) mass is 534 g/mol. The number of carbonyl (C=O) groups is 1. The van der Waals surface area contributed by atoms with Gasteiger partial charge in [0.1, 0.15) is 11.5 Å². The van der Waals surface area contributed by atoms with Crippen LogP contribution in [0.4, 0.5) is 17.1 Å². The molecule has 1 aliphatic rings. The van der Waals surface area contributed by atoms with Crippen molar-refractivity contribution in [2.24, 2.45) is 0 Å². The number of imidazole rings is 1. The van der Waals surface area contributed by atoms with Crippen LogP contribution in [0.25, 0.3) is 22.4 Å². The first-order valence-electron chi connectivity index (χ1n) is 11.7. The highest BCUT2D eigenvalue weighted by atomic mass is 35.5. The molecule has 5 rings (SSSR count). The Morgan fingerprint density at radius 2 is 1.86 bits per heavy atom. The van der Waals surface area contributed by atoms with Gasteiger partial charge in [0.05, 0.1) is 16.0 Å². The molecular formula is C26H23ClN6O3S. The first-order valence-corrected chi connectivity index (χ1v) is 12.5. The summed E-state index contributed by atoms with van der Waals surface area (Å²) in [4.78, 5) is 33.8. The number of hydrogen-bond acceptors (Lipinski definition) is 6. The average molecular weight is 535 g/mol. The van der Waals surface area contributed by atoms with Gasteiger partial charge in [-0.15, -0.1) is 0 Å². The molecule has 0 aliphatic carbocycles. The van der Waals surface area contributed by atoms with Crippen LogP contribution in [0.15, 0.2) is 54.6 Å². The molecule has 0 radical (unpaired) electrons. The van der Waals surface area contributed by atoms with E-state index in [4.69, 9.17) is 23.8 Å². The fraction of sp³-hybridized carbons (Fsp3) is 0.192. The fourth-order valence-corrected chi connectivity index (χ4v) is 4.73. The zero-order valence-electron chi connectivity index (χ0n) is 19.9. The second-order valence-electron chi connectivity index (χ2n) is 8.84. The normalized spacial score (nSPS) is 13.1. The summed E-state index contributed by atoms with van der Waals surface area (Å²) in [7, 11) is 0. The summed E-state index contributed by atoms with van der Waals surface area (Å²) in [5.41, 5.74) is 4.79. The van der Waals surface area contributed by atoms with E-state index in [0.29, 0.717) is 22.2 Å². The van der Waals surface area contributed by atoms with Crippen molar-refractivity contribution in [3.8, 4) is 11.4 Å². The van der Waals surface area contributed by atoms with Crippen molar-refractivity contribution < 1.29 is 9.72 Å². The Bertz CT molecular complexity index is 1490. The van der Waals surface area contributed by atoms with Gasteiger partial charge in [0.2, 0.25) is 0 Å². The Balaban J connectivity index is 1.25. The van der Waals surface area contributed by atoms with E-state index < -0.39 is 10.8 Å². The SMILES string of the molecule is Cc1cc2[nH]c(-c3ccc(NC(=S)NC(=O)c4ccc(N5CCCC5)c([N+](=O)[O-])c4)cc3)nc2cc1Cl. The van der Waals surface area contributed by atoms with E-state index in [1.807, 2.05) is 48.2 Å². The van der Waals surface area contributed by atoms with Crippen LogP contribution in [-0.2, 0) is 0 Å². The van der Waals surface area contributed by atoms with Crippen molar-refractivity contribution in [3.63, 3.8) is 0 Å². The van der Waals surface area contributed by atoms with Gasteiger partial charge in [0.15, 0.2) is 5.11 Å². The summed E-state index contributed by atoms with van der Waals surface area (Å²) in [5, 5.41) is 17.9. The van der Waals surface area contributed by atoms with Crippen LogP contribution in [0.1, 0.15) is 28.8 Å². The number of nitrogens with zero attached hydrogens (tertiary/aromatic N) is 3. The molecule has 4 aromatic rings. The van der Waals surface area contributed by atoms with Crippen LogP contribution >= 0.6 is 23.8 Å². The summed E-state index contributed by atoms with van der Waals surface area (Å²) in [6.45, 7) is 3.47. The van der Waals surface area contributed by atoms with E-state index in [9.17, 15) is 14.9 Å². The van der Waals surface area contributed by atoms with Gasteiger partial charge in [-0.2, -0.15) is 0 Å². The molecule has 11 heteroatoms. The number of amides is 1. The number of benzene rings is 3. The van der Waals surface area contributed by atoms with Crippen molar-refractivity contribution >= 4 is 62.9 Å². The maximum absolute atomic E-state index is 12.7. The number of aryl methyl sites for hydroxylation is 1. The zero-order valence-corrected chi connectivity index (χ0v) is 21.4. The molecule has 1 aromatic heterocycles. The molecule has 0 atom stereocenters. The Hall–Kier alpha value is -4.02. The number of aromatic nitrogens is 2. The van der Waals surface area contributed by atoms with Gasteiger partial charge in [-0.1, -0.05) is 11.6 Å². The molecule has 2 heterocycles. The second-order valence-corrected chi connectivity index (χ2v) is 9.66. The minimum absolute atomic E-state index is 0.0814. The molecule has 3 N–H and O–H groups in total. The molecule has 3 aromatic carbocycles. The molecule has 9 nitrogen and oxygen atoms in total. The Morgan fingerprint density at radius 3 is 2.57 bits per heavy atom. The minimum atomic E-state index is -0.526. The van der Waals surface area contributed by atoms with E-state index >= 15 is 0 Å². The van der Waals surface area contributed by atoms with Crippen LogP contribution in [0.5, 0.6) is 0 Å². The van der Waals surface area contributed by atoms with Crippen molar-refractivity contribution in [2.45, 2.75) is 19.8 Å². The summed E-state index contributed by atoms with van der Waals surface area (Å²) in [6, 6.07) is 15.7. The molecule has 188 valence electrons. The lowest BCUT2D eigenvalue weighted by molar-refractivity contribution is -0.384. The van der Waals surface area contributed by atoms with E-state index in [0.717, 1.165) is 48.1 Å². The van der Waals surface area contributed by atoms with Gasteiger partial charge >= 0.3 is 0 Å². The van der Waals surface area contributed by atoms with Crippen molar-refractivity contribution in [2.75, 3.05) is 23.3 Å². The molecular weight excluding hydrogens is 512 g/mol. The predicted octanol–water partition coefficient (Wildman–Crippen LogP) is 5.83. The van der Waals surface area contributed by atoms with E-state index in [1.54, 1.807) is 12.1 Å². The van der Waals surface area contributed by atoms with Crippen LogP contribution in [0.2, 0.25) is 5.02 Å². The topological polar surface area (TPSA) is 116 Å². The number of nitrogens with one attached hydrogen (secondary N) is 3. The molecule has 1 fully saturated rings. The van der Waals surface area contributed by atoms with E-state index in [1.165, 1.54) is 6.07 Å². The molecule has 0 bridgehead atoms. The third-order valence-corrected chi connectivity index (χ3v) is 6.90. The lowest BCUT2D eigenvalue weighted by Crippen LogP contribution is -2.34. The molecule has 1 amide bonds. The van der Waals surface area contributed by atoms with Gasteiger partial charge in [-0.3, -0.25) is 20.2 Å². The smallest absolute Gasteiger partial charge is 0.293 e. The fourth-order valence-electron chi connectivity index (χ4n) is 4.36. The lowest BCUT2D eigenvalue weighted by Gasteiger charge is -2.18. The second kappa shape index (κ2) is 10.2. The van der Waals surface area contributed by atoms with Crippen molar-refractivity contribution in [3.05, 3.63) is 80.9 Å². The van der Waals surface area contributed by atoms with Crippen LogP contribution < -0.4 is 15.5 Å². The quantitative estimate of drug-likeness (QED) is 0.168. The van der Waals surface area contributed by atoms with Crippen molar-refractivity contribution in [1.29, 1.82) is 0 Å². The summed E-state index contributed by atoms with van der Waals surface area (Å²) in [6.07, 6.45) is 1.99. The molecule has 0 saturated carbocycles. The number of thiocarbonyl (C=S) groups is 1. The highest BCUT2D eigenvalue weighted by Gasteiger charge is 2.24. The van der Waals surface area contributed by atoms with Gasteiger partial charge in [0.25, 0.3) is 11.6 Å². The summed E-state index contributed by atoms with van der Waals surface area (Å²) < 4.78 is 0. The largest absolute Gasteiger partial charge is 0.366 e. The number of halogens is 1. The molecule has 0 unspecified atom stereocenters. The highest BCUT2D eigenvalue weighted by molar-refractivity contribution is 7.80. The molecule has 0 spiro atoms. The Kier molecular flexibility index (Phi) is 6.77. The average Bonchev–Trinajstić information content (AvgIpc) is 3.55. The number of nitro groups is 1. The van der Waals surface area contributed by atoms with Gasteiger partial charge in [-0.25, -0.2) is 4.98 Å². The number of nitro benzene ring substituents is 1. The number of hydrogen-bond donors (Lipinski definition) is 3. The van der Waals surface area contributed by atoms with Crippen LogP contribution in [-0.4, -0.2) is 39.0 Å². The minimum Gasteiger partial charge on any atom is -0.366 e. The van der Waals surface area contributed by atoms with Crippen LogP contribution in [0.3, 0.4) is 0 Å². The Morgan fingerprint density at radius 1 is 1.14 bits per heavy atom. The van der Waals surface area contributed by atoms with E-state index in [2.05, 4.69) is 20.6 Å². The van der Waals surface area contributed by atoms with Gasteiger partial charge < -0.3 is 15.2 Å². The first kappa shape index (κ1) is 24.7. The third-order valence-electron chi connectivity index (χ3n) is 6.29. The first-order chi connectivity index (χ1) is 17.8. The highest BCUT2D eigenvalue weighted by Crippen LogP contribution is 2.32. The number of rotatable bonds is 5. The number of aromatic amines is 1. The van der Waals surface area contributed by atoms with E-state index in [-0.39, 0.29) is 16.4 Å². The molecule has 37 heavy (non-hydrogen) atoms. The number of carbonyl (C=O) groups excluding carboxylic acids is 1.